The highest BCUT2D eigenvalue weighted by atomic mass is 16.5. The lowest BCUT2D eigenvalue weighted by molar-refractivity contribution is -0.143. The van der Waals surface area contributed by atoms with Crippen molar-refractivity contribution in [2.45, 2.75) is 296 Å². The number of aliphatic hydroxyl groups is 2. The van der Waals surface area contributed by atoms with E-state index in [2.05, 4.69) is 19.2 Å². The summed E-state index contributed by atoms with van der Waals surface area (Å²) in [7, 11) is 0. The summed E-state index contributed by atoms with van der Waals surface area (Å²) in [6.45, 7) is 4.93. The summed E-state index contributed by atoms with van der Waals surface area (Å²) in [6.07, 6.45) is 50.6. The topological polar surface area (TPSA) is 95.9 Å². The Hall–Kier alpha value is -1.14. The zero-order valence-corrected chi connectivity index (χ0v) is 37.9. The summed E-state index contributed by atoms with van der Waals surface area (Å²) in [5.74, 6) is -0.0454. The average molecular weight is 794 g/mol. The first-order valence-corrected chi connectivity index (χ1v) is 25.3. The molecule has 6 nitrogen and oxygen atoms in total. The number of hydrogen-bond donors (Lipinski definition) is 3. The number of rotatable bonds is 47. The number of carbonyl (C=O) groups is 2. The van der Waals surface area contributed by atoms with Crippen LogP contribution in [0.4, 0.5) is 0 Å². The van der Waals surface area contributed by atoms with Gasteiger partial charge < -0.3 is 20.3 Å². The Balaban J connectivity index is 3.43. The van der Waals surface area contributed by atoms with E-state index in [1.165, 1.54) is 199 Å². The van der Waals surface area contributed by atoms with Gasteiger partial charge in [-0.1, -0.05) is 245 Å². The first kappa shape index (κ1) is 54.9. The Morgan fingerprint density at radius 3 is 1.09 bits per heavy atom. The summed E-state index contributed by atoms with van der Waals surface area (Å²) in [5.41, 5.74) is 0. The number of esters is 1. The molecule has 0 aromatic heterocycles. The smallest absolute Gasteiger partial charge is 0.305 e. The molecule has 0 aliphatic carbocycles. The van der Waals surface area contributed by atoms with Crippen molar-refractivity contribution in [1.82, 2.24) is 5.32 Å². The maximum absolute atomic E-state index is 12.4. The highest BCUT2D eigenvalue weighted by Crippen LogP contribution is 2.17. The van der Waals surface area contributed by atoms with Gasteiger partial charge in [-0.05, 0) is 25.7 Å². The summed E-state index contributed by atoms with van der Waals surface area (Å²) >= 11 is 0. The zero-order valence-electron chi connectivity index (χ0n) is 37.9. The molecule has 6 heteroatoms. The van der Waals surface area contributed by atoms with Gasteiger partial charge >= 0.3 is 5.97 Å². The van der Waals surface area contributed by atoms with E-state index in [0.717, 1.165) is 51.4 Å². The van der Waals surface area contributed by atoms with Gasteiger partial charge in [0.2, 0.25) is 5.91 Å². The van der Waals surface area contributed by atoms with Crippen molar-refractivity contribution in [1.29, 1.82) is 0 Å². The minimum atomic E-state index is -0.668. The first-order chi connectivity index (χ1) is 27.5. The number of aliphatic hydroxyl groups excluding tert-OH is 2. The molecule has 0 radical (unpaired) electrons. The SMILES string of the molecule is CCCCCCCCCCCCCCCC(O)C(CO)NC(=O)CCCCCCCCCCCCCCCCOC(=O)CCCCCCCCCCCCCC. The molecule has 0 aliphatic rings. The molecule has 0 aromatic carbocycles. The standard InChI is InChI=1S/C50H99NO5/c1-3-5-7-9-11-13-15-19-22-26-30-34-38-42-48(53)47(46-52)51-49(54)43-39-35-31-27-23-20-17-18-21-25-29-33-37-41-45-56-50(55)44-40-36-32-28-24-16-14-12-10-8-6-4-2/h47-48,52-53H,3-46H2,1-2H3,(H,51,54). The van der Waals surface area contributed by atoms with Crippen molar-refractivity contribution in [3.8, 4) is 0 Å². The summed E-state index contributed by atoms with van der Waals surface area (Å²) in [6, 6.07) is -0.546. The monoisotopic (exact) mass is 794 g/mol. The van der Waals surface area contributed by atoms with Gasteiger partial charge in [0, 0.05) is 12.8 Å². The second kappa shape index (κ2) is 46.5. The van der Waals surface area contributed by atoms with Crippen LogP contribution in [0.25, 0.3) is 0 Å². The Morgan fingerprint density at radius 1 is 0.429 bits per heavy atom. The fraction of sp³-hybridized carbons (Fsp3) is 0.960. The Morgan fingerprint density at radius 2 is 0.732 bits per heavy atom. The number of amides is 1. The maximum atomic E-state index is 12.4. The third-order valence-electron chi connectivity index (χ3n) is 11.9. The van der Waals surface area contributed by atoms with Crippen LogP contribution in [-0.2, 0) is 14.3 Å². The molecule has 0 bridgehead atoms. The van der Waals surface area contributed by atoms with Crippen LogP contribution in [0.1, 0.15) is 284 Å². The number of unbranched alkanes of at least 4 members (excludes halogenated alkanes) is 36. The molecular formula is C50H99NO5. The molecule has 0 aromatic rings. The number of nitrogens with one attached hydrogen (secondary N) is 1. The van der Waals surface area contributed by atoms with E-state index in [9.17, 15) is 19.8 Å². The van der Waals surface area contributed by atoms with Gasteiger partial charge in [-0.15, -0.1) is 0 Å². The molecule has 0 fully saturated rings. The molecule has 0 heterocycles. The van der Waals surface area contributed by atoms with E-state index in [4.69, 9.17) is 4.74 Å². The van der Waals surface area contributed by atoms with Crippen LogP contribution < -0.4 is 5.32 Å². The van der Waals surface area contributed by atoms with Crippen LogP contribution in [0.5, 0.6) is 0 Å². The van der Waals surface area contributed by atoms with E-state index in [-0.39, 0.29) is 18.5 Å². The van der Waals surface area contributed by atoms with E-state index in [1.54, 1.807) is 0 Å². The van der Waals surface area contributed by atoms with Crippen molar-refractivity contribution >= 4 is 11.9 Å². The second-order valence-electron chi connectivity index (χ2n) is 17.5. The Labute approximate surface area is 349 Å². The highest BCUT2D eigenvalue weighted by molar-refractivity contribution is 5.76. The van der Waals surface area contributed by atoms with E-state index >= 15 is 0 Å². The van der Waals surface area contributed by atoms with Crippen LogP contribution in [0.15, 0.2) is 0 Å². The third kappa shape index (κ3) is 42.5. The molecule has 0 saturated heterocycles. The molecule has 56 heavy (non-hydrogen) atoms. The molecule has 0 spiro atoms. The van der Waals surface area contributed by atoms with Crippen LogP contribution >= 0.6 is 0 Å². The molecule has 3 N–H and O–H groups in total. The van der Waals surface area contributed by atoms with Gasteiger partial charge in [-0.25, -0.2) is 0 Å². The lowest BCUT2D eigenvalue weighted by Gasteiger charge is -2.22. The Kier molecular flexibility index (Phi) is 45.6. The quantitative estimate of drug-likeness (QED) is 0.0421. The molecule has 2 unspecified atom stereocenters. The predicted octanol–water partition coefficient (Wildman–Crippen LogP) is 14.8. The lowest BCUT2D eigenvalue weighted by atomic mass is 10.0. The van der Waals surface area contributed by atoms with Crippen molar-refractivity contribution in [3.63, 3.8) is 0 Å². The molecule has 2 atom stereocenters. The first-order valence-electron chi connectivity index (χ1n) is 25.3. The van der Waals surface area contributed by atoms with Crippen molar-refractivity contribution < 1.29 is 24.5 Å². The van der Waals surface area contributed by atoms with E-state index in [1.807, 2.05) is 0 Å². The summed E-state index contributed by atoms with van der Waals surface area (Å²) < 4.78 is 5.45. The summed E-state index contributed by atoms with van der Waals surface area (Å²) in [4.78, 5) is 24.4. The largest absolute Gasteiger partial charge is 0.466 e. The van der Waals surface area contributed by atoms with Gasteiger partial charge in [0.25, 0.3) is 0 Å². The van der Waals surface area contributed by atoms with Crippen LogP contribution in [-0.4, -0.2) is 47.4 Å². The van der Waals surface area contributed by atoms with Gasteiger partial charge in [-0.2, -0.15) is 0 Å². The van der Waals surface area contributed by atoms with Crippen molar-refractivity contribution in [3.05, 3.63) is 0 Å². The van der Waals surface area contributed by atoms with E-state index in [0.29, 0.717) is 25.9 Å². The zero-order chi connectivity index (χ0) is 40.8. The molecule has 0 saturated carbocycles. The lowest BCUT2D eigenvalue weighted by Crippen LogP contribution is -2.45. The highest BCUT2D eigenvalue weighted by Gasteiger charge is 2.20. The van der Waals surface area contributed by atoms with Crippen LogP contribution in [0.3, 0.4) is 0 Å². The van der Waals surface area contributed by atoms with E-state index < -0.39 is 12.1 Å². The maximum Gasteiger partial charge on any atom is 0.305 e. The molecule has 0 rings (SSSR count). The van der Waals surface area contributed by atoms with Crippen molar-refractivity contribution in [2.75, 3.05) is 13.2 Å². The van der Waals surface area contributed by atoms with Gasteiger partial charge in [0.1, 0.15) is 0 Å². The van der Waals surface area contributed by atoms with Crippen LogP contribution in [0.2, 0.25) is 0 Å². The average Bonchev–Trinajstić information content (AvgIpc) is 3.20. The predicted molar refractivity (Wildman–Crippen MR) is 241 cm³/mol. The minimum absolute atomic E-state index is 0.00108. The third-order valence-corrected chi connectivity index (χ3v) is 11.9. The fourth-order valence-corrected chi connectivity index (χ4v) is 7.99. The summed E-state index contributed by atoms with van der Waals surface area (Å²) in [5, 5.41) is 23.2. The number of carbonyl (C=O) groups excluding carboxylic acids is 2. The normalized spacial score (nSPS) is 12.6. The molecule has 0 aliphatic heterocycles. The number of ether oxygens (including phenoxy) is 1. The molecule has 1 amide bonds. The molecule has 334 valence electrons. The second-order valence-corrected chi connectivity index (χ2v) is 17.5. The van der Waals surface area contributed by atoms with Gasteiger partial charge in [-0.3, -0.25) is 9.59 Å². The molecular weight excluding hydrogens is 695 g/mol. The van der Waals surface area contributed by atoms with Crippen molar-refractivity contribution in [2.24, 2.45) is 0 Å². The fourth-order valence-electron chi connectivity index (χ4n) is 7.99. The Bertz CT molecular complexity index is 791. The van der Waals surface area contributed by atoms with Gasteiger partial charge in [0.15, 0.2) is 0 Å². The van der Waals surface area contributed by atoms with Crippen LogP contribution in [0, 0.1) is 0 Å². The minimum Gasteiger partial charge on any atom is -0.466 e. The van der Waals surface area contributed by atoms with Gasteiger partial charge in [0.05, 0.1) is 25.4 Å². The number of hydrogen-bond acceptors (Lipinski definition) is 5.